The molecule has 0 aliphatic carbocycles. The molecule has 0 N–H and O–H groups in total. The van der Waals surface area contributed by atoms with Gasteiger partial charge in [-0.1, -0.05) is 127 Å². The minimum absolute atomic E-state index is 1.13. The summed E-state index contributed by atoms with van der Waals surface area (Å²) in [6.07, 6.45) is 0. The summed E-state index contributed by atoms with van der Waals surface area (Å²) in [5, 5.41) is 2.46. The Morgan fingerprint density at radius 1 is 0.343 bits per heavy atom. The van der Waals surface area contributed by atoms with Crippen LogP contribution in [-0.2, 0) is 0 Å². The van der Waals surface area contributed by atoms with Crippen LogP contribution in [0.1, 0.15) is 0 Å². The fraction of sp³-hybridized carbons (Fsp3) is 0. The van der Waals surface area contributed by atoms with E-state index in [4.69, 9.17) is 0 Å². The van der Waals surface area contributed by atoms with Crippen LogP contribution in [0.3, 0.4) is 0 Å². The van der Waals surface area contributed by atoms with Crippen molar-refractivity contribution >= 4 is 27.8 Å². The van der Waals surface area contributed by atoms with Crippen LogP contribution in [0.25, 0.3) is 33.0 Å². The maximum absolute atomic E-state index is 2.39. The van der Waals surface area contributed by atoms with Gasteiger partial charge in [0.2, 0.25) is 0 Å². The van der Waals surface area contributed by atoms with Crippen molar-refractivity contribution in [3.8, 4) is 22.3 Å². The zero-order chi connectivity index (χ0) is 23.5. The third kappa shape index (κ3) is 4.09. The molecule has 6 aromatic rings. The van der Waals surface area contributed by atoms with Crippen LogP contribution in [-0.4, -0.2) is 0 Å². The summed E-state index contributed by atoms with van der Waals surface area (Å²) in [4.78, 5) is 2.39. The molecule has 0 bridgehead atoms. The molecule has 6 rings (SSSR count). The molecular formula is C34H25N. The van der Waals surface area contributed by atoms with Crippen molar-refractivity contribution < 1.29 is 0 Å². The summed E-state index contributed by atoms with van der Waals surface area (Å²) in [7, 11) is 0. The van der Waals surface area contributed by atoms with Crippen LogP contribution >= 0.6 is 0 Å². The molecule has 35 heavy (non-hydrogen) atoms. The Bertz CT molecular complexity index is 1560. The molecule has 0 saturated carbocycles. The first-order chi connectivity index (χ1) is 17.4. The summed E-state index contributed by atoms with van der Waals surface area (Å²) >= 11 is 0. The lowest BCUT2D eigenvalue weighted by Gasteiger charge is -2.29. The molecule has 0 aliphatic rings. The molecule has 0 spiro atoms. The minimum atomic E-state index is 1.13. The second kappa shape index (κ2) is 9.32. The highest BCUT2D eigenvalue weighted by Crippen LogP contribution is 2.43. The number of para-hydroxylation sites is 1. The second-order valence-corrected chi connectivity index (χ2v) is 8.63. The predicted molar refractivity (Wildman–Crippen MR) is 150 cm³/mol. The van der Waals surface area contributed by atoms with E-state index in [0.717, 1.165) is 11.4 Å². The highest BCUT2D eigenvalue weighted by Gasteiger charge is 2.18. The molecular weight excluding hydrogens is 422 g/mol. The maximum Gasteiger partial charge on any atom is 0.0540 e. The van der Waals surface area contributed by atoms with Crippen molar-refractivity contribution in [2.45, 2.75) is 0 Å². The number of fused-ring (bicyclic) bond motifs is 1. The summed E-state index contributed by atoms with van der Waals surface area (Å²) in [5.74, 6) is 0. The molecule has 6 aromatic carbocycles. The molecule has 0 heterocycles. The van der Waals surface area contributed by atoms with Crippen molar-refractivity contribution in [1.29, 1.82) is 0 Å². The standard InChI is InChI=1S/C34H25N/c1-3-12-26(13-4-1)27-22-24-30(25-23-27)35(34-21-11-17-29-16-7-8-18-32(29)34)33-20-10-9-19-31(33)28-14-5-2-6-15-28/h1-25H. The van der Waals surface area contributed by atoms with Gasteiger partial charge in [-0.3, -0.25) is 0 Å². The van der Waals surface area contributed by atoms with Gasteiger partial charge in [-0.2, -0.15) is 0 Å². The molecule has 1 nitrogen and oxygen atoms in total. The topological polar surface area (TPSA) is 3.24 Å². The van der Waals surface area contributed by atoms with Gasteiger partial charge < -0.3 is 4.90 Å². The van der Waals surface area contributed by atoms with Crippen molar-refractivity contribution in [1.82, 2.24) is 0 Å². The molecule has 0 fully saturated rings. The van der Waals surface area contributed by atoms with E-state index in [2.05, 4.69) is 157 Å². The van der Waals surface area contributed by atoms with Crippen molar-refractivity contribution in [2.24, 2.45) is 0 Å². The Morgan fingerprint density at radius 2 is 0.886 bits per heavy atom. The third-order valence-electron chi connectivity index (χ3n) is 6.47. The number of nitrogens with zero attached hydrogens (tertiary/aromatic N) is 1. The first-order valence-electron chi connectivity index (χ1n) is 12.0. The van der Waals surface area contributed by atoms with Gasteiger partial charge in [0.05, 0.1) is 11.4 Å². The Morgan fingerprint density at radius 3 is 1.66 bits per heavy atom. The Hall–Kier alpha value is -4.62. The van der Waals surface area contributed by atoms with E-state index in [-0.39, 0.29) is 0 Å². The fourth-order valence-corrected chi connectivity index (χ4v) is 4.78. The van der Waals surface area contributed by atoms with E-state index in [1.165, 1.54) is 38.7 Å². The zero-order valence-corrected chi connectivity index (χ0v) is 19.4. The molecule has 0 aliphatic heterocycles. The van der Waals surface area contributed by atoms with E-state index < -0.39 is 0 Å². The van der Waals surface area contributed by atoms with Crippen LogP contribution in [0.15, 0.2) is 152 Å². The van der Waals surface area contributed by atoms with E-state index in [9.17, 15) is 0 Å². The average Bonchev–Trinajstić information content (AvgIpc) is 2.95. The van der Waals surface area contributed by atoms with Crippen molar-refractivity contribution in [3.63, 3.8) is 0 Å². The summed E-state index contributed by atoms with van der Waals surface area (Å²) in [6, 6.07) is 53.9. The molecule has 1 heteroatoms. The highest BCUT2D eigenvalue weighted by atomic mass is 15.1. The van der Waals surface area contributed by atoms with Gasteiger partial charge in [0.25, 0.3) is 0 Å². The number of hydrogen-bond donors (Lipinski definition) is 0. The number of hydrogen-bond acceptors (Lipinski definition) is 1. The van der Waals surface area contributed by atoms with Gasteiger partial charge in [0.15, 0.2) is 0 Å². The fourth-order valence-electron chi connectivity index (χ4n) is 4.78. The Kier molecular flexibility index (Phi) is 5.58. The van der Waals surface area contributed by atoms with Crippen LogP contribution in [0, 0.1) is 0 Å². The van der Waals surface area contributed by atoms with E-state index in [1.807, 2.05) is 0 Å². The summed E-state index contributed by atoms with van der Waals surface area (Å²) in [6.45, 7) is 0. The Balaban J connectivity index is 1.57. The van der Waals surface area contributed by atoms with Gasteiger partial charge in [-0.25, -0.2) is 0 Å². The van der Waals surface area contributed by atoms with Crippen LogP contribution < -0.4 is 4.90 Å². The van der Waals surface area contributed by atoms with E-state index in [0.29, 0.717) is 0 Å². The molecule has 0 aromatic heterocycles. The normalized spacial score (nSPS) is 10.9. The third-order valence-corrected chi connectivity index (χ3v) is 6.47. The van der Waals surface area contributed by atoms with Crippen LogP contribution in [0.4, 0.5) is 17.1 Å². The molecule has 166 valence electrons. The lowest BCUT2D eigenvalue weighted by molar-refractivity contribution is 1.30. The average molecular weight is 448 g/mol. The number of rotatable bonds is 5. The molecule has 0 amide bonds. The summed E-state index contributed by atoms with van der Waals surface area (Å²) in [5.41, 5.74) is 8.29. The smallest absolute Gasteiger partial charge is 0.0540 e. The first kappa shape index (κ1) is 20.9. The van der Waals surface area contributed by atoms with Gasteiger partial charge in [-0.15, -0.1) is 0 Å². The van der Waals surface area contributed by atoms with Crippen molar-refractivity contribution in [3.05, 3.63) is 152 Å². The zero-order valence-electron chi connectivity index (χ0n) is 19.4. The van der Waals surface area contributed by atoms with Gasteiger partial charge >= 0.3 is 0 Å². The predicted octanol–water partition coefficient (Wildman–Crippen LogP) is 9.64. The highest BCUT2D eigenvalue weighted by molar-refractivity contribution is 6.01. The lowest BCUT2D eigenvalue weighted by Crippen LogP contribution is -2.11. The quantitative estimate of drug-likeness (QED) is 0.254. The molecule has 0 unspecified atom stereocenters. The maximum atomic E-state index is 2.39. The van der Waals surface area contributed by atoms with Crippen LogP contribution in [0.5, 0.6) is 0 Å². The van der Waals surface area contributed by atoms with E-state index >= 15 is 0 Å². The van der Waals surface area contributed by atoms with Gasteiger partial charge in [-0.05, 0) is 46.3 Å². The largest absolute Gasteiger partial charge is 0.309 e. The minimum Gasteiger partial charge on any atom is -0.309 e. The van der Waals surface area contributed by atoms with Crippen molar-refractivity contribution in [2.75, 3.05) is 4.90 Å². The van der Waals surface area contributed by atoms with E-state index in [1.54, 1.807) is 0 Å². The SMILES string of the molecule is c1ccc(-c2ccc(N(c3ccccc3-c3ccccc3)c3cccc4ccccc34)cc2)cc1. The van der Waals surface area contributed by atoms with Gasteiger partial charge in [0.1, 0.15) is 0 Å². The van der Waals surface area contributed by atoms with Crippen LogP contribution in [0.2, 0.25) is 0 Å². The summed E-state index contributed by atoms with van der Waals surface area (Å²) < 4.78 is 0. The monoisotopic (exact) mass is 447 g/mol. The number of anilines is 3. The molecule has 0 radical (unpaired) electrons. The molecule has 0 saturated heterocycles. The second-order valence-electron chi connectivity index (χ2n) is 8.63. The molecule has 0 atom stereocenters. The number of benzene rings is 6. The Labute approximate surface area is 206 Å². The first-order valence-corrected chi connectivity index (χ1v) is 12.0. The lowest BCUT2D eigenvalue weighted by atomic mass is 10.00. The van der Waals surface area contributed by atoms with Gasteiger partial charge in [0, 0.05) is 16.6 Å².